The normalized spacial score (nSPS) is 9.83. The van der Waals surface area contributed by atoms with E-state index in [9.17, 15) is 0 Å². The van der Waals surface area contributed by atoms with Gasteiger partial charge in [-0.25, -0.2) is 0 Å². The molecule has 0 spiro atoms. The van der Waals surface area contributed by atoms with Crippen LogP contribution in [-0.4, -0.2) is 28.3 Å². The van der Waals surface area contributed by atoms with E-state index in [0.717, 1.165) is 0 Å². The molecule has 0 aromatic carbocycles. The Morgan fingerprint density at radius 3 is 1.67 bits per heavy atom. The van der Waals surface area contributed by atoms with E-state index in [1.807, 2.05) is 7.85 Å². The smallest absolute Gasteiger partial charge is 0.174 e. The zero-order valence-electron chi connectivity index (χ0n) is 4.39. The highest BCUT2D eigenvalue weighted by Gasteiger charge is 1.88. The van der Waals surface area contributed by atoms with Crippen LogP contribution in [0.15, 0.2) is 0 Å². The van der Waals surface area contributed by atoms with Crippen LogP contribution in [0, 0.1) is 0 Å². The Bertz CT molecular complexity index is 28.0. The Balaban J connectivity index is 2.75. The first kappa shape index (κ1) is 5.98. The third-order valence-electron chi connectivity index (χ3n) is 0.664. The molecule has 2 nitrogen and oxygen atoms in total. The lowest BCUT2D eigenvalue weighted by atomic mass is 10.1. The topological polar surface area (TPSA) is 18.5 Å². The van der Waals surface area contributed by atoms with Crippen molar-refractivity contribution in [2.45, 2.75) is 6.19 Å². The molecule has 0 aromatic heterocycles. The van der Waals surface area contributed by atoms with Crippen molar-refractivity contribution in [3.63, 3.8) is 0 Å². The van der Waals surface area contributed by atoms with E-state index in [2.05, 4.69) is 9.47 Å². The molecule has 0 fully saturated rings. The summed E-state index contributed by atoms with van der Waals surface area (Å²) in [6.07, 6.45) is -0.0648. The van der Waals surface area contributed by atoms with Gasteiger partial charge < -0.3 is 9.47 Å². The predicted molar refractivity (Wildman–Crippen MR) is 26.3 cm³/mol. The molecule has 0 aliphatic heterocycles. The maximum Gasteiger partial charge on any atom is 0.174 e. The Labute approximate surface area is 38.8 Å². The third-order valence-corrected chi connectivity index (χ3v) is 0.664. The first-order valence-corrected chi connectivity index (χ1v) is 1.87. The lowest BCUT2D eigenvalue weighted by molar-refractivity contribution is -0.0411. The van der Waals surface area contributed by atoms with Crippen LogP contribution in [0.1, 0.15) is 0 Å². The molecule has 3 heteroatoms. The summed E-state index contributed by atoms with van der Waals surface area (Å²) < 4.78 is 9.35. The fourth-order valence-electron chi connectivity index (χ4n) is 0.0962. The second kappa shape index (κ2) is 3.19. The molecule has 0 saturated carbocycles. The number of ether oxygens (including phenoxy) is 2. The fourth-order valence-corrected chi connectivity index (χ4v) is 0.0962. The second-order valence-electron chi connectivity index (χ2n) is 1.04. The van der Waals surface area contributed by atoms with E-state index < -0.39 is 0 Å². The maximum atomic E-state index is 4.68. The van der Waals surface area contributed by atoms with Crippen molar-refractivity contribution < 1.29 is 9.47 Å². The zero-order chi connectivity index (χ0) is 4.99. The summed E-state index contributed by atoms with van der Waals surface area (Å²) in [6, 6.07) is 0. The van der Waals surface area contributed by atoms with Gasteiger partial charge in [-0.15, -0.1) is 0 Å². The van der Waals surface area contributed by atoms with Crippen molar-refractivity contribution in [3.8, 4) is 0 Å². The first-order valence-electron chi connectivity index (χ1n) is 1.87. The van der Waals surface area contributed by atoms with E-state index in [-0.39, 0.29) is 6.19 Å². The molecule has 0 unspecified atom stereocenters. The number of methoxy groups -OCH3 is 2. The Morgan fingerprint density at radius 2 is 1.67 bits per heavy atom. The molecular weight excluding hydrogens is 78.8 g/mol. The average Bonchev–Trinajstić information content (AvgIpc) is 1.65. The molecule has 0 radical (unpaired) electrons. The highest BCUT2D eigenvalue weighted by Crippen LogP contribution is 1.77. The van der Waals surface area contributed by atoms with Crippen LogP contribution in [0.5, 0.6) is 0 Å². The molecule has 0 amide bonds. The van der Waals surface area contributed by atoms with Crippen LogP contribution in [0.2, 0.25) is 0 Å². The van der Waals surface area contributed by atoms with Gasteiger partial charge in [-0.2, -0.15) is 0 Å². The minimum absolute atomic E-state index is 0.0648. The van der Waals surface area contributed by atoms with Gasteiger partial charge in [0.15, 0.2) is 7.85 Å². The molecule has 0 aromatic rings. The maximum absolute atomic E-state index is 4.68. The number of hydrogen-bond donors (Lipinski definition) is 0. The van der Waals surface area contributed by atoms with E-state index in [1.165, 1.54) is 0 Å². The summed E-state index contributed by atoms with van der Waals surface area (Å²) in [4.78, 5) is 0. The predicted octanol–water partition coefficient (Wildman–Crippen LogP) is -0.804. The highest BCUT2D eigenvalue weighted by atomic mass is 16.7. The molecular formula is C3H9BO2. The molecule has 0 aliphatic carbocycles. The first-order chi connectivity index (χ1) is 2.81. The van der Waals surface area contributed by atoms with Crippen LogP contribution in [0.4, 0.5) is 0 Å². The molecule has 0 rings (SSSR count). The van der Waals surface area contributed by atoms with Crippen LogP contribution >= 0.6 is 0 Å². The highest BCUT2D eigenvalue weighted by molar-refractivity contribution is 6.09. The van der Waals surface area contributed by atoms with Gasteiger partial charge in [0.25, 0.3) is 0 Å². The van der Waals surface area contributed by atoms with Crippen molar-refractivity contribution in [1.82, 2.24) is 0 Å². The van der Waals surface area contributed by atoms with Gasteiger partial charge >= 0.3 is 0 Å². The molecule has 6 heavy (non-hydrogen) atoms. The zero-order valence-corrected chi connectivity index (χ0v) is 4.39. The van der Waals surface area contributed by atoms with Gasteiger partial charge in [-0.05, 0) is 0 Å². The van der Waals surface area contributed by atoms with Crippen molar-refractivity contribution in [2.75, 3.05) is 14.2 Å². The number of hydrogen-bond acceptors (Lipinski definition) is 2. The third kappa shape index (κ3) is 2.24. The van der Waals surface area contributed by atoms with Gasteiger partial charge in [-0.1, -0.05) is 0 Å². The minimum Gasteiger partial charge on any atom is -0.365 e. The standard InChI is InChI=1S/C3H9BO2/c1-5-3(4)6-2/h3H,4H2,1-2H3. The molecule has 0 bridgehead atoms. The largest absolute Gasteiger partial charge is 0.365 e. The summed E-state index contributed by atoms with van der Waals surface area (Å²) in [5, 5.41) is 0. The summed E-state index contributed by atoms with van der Waals surface area (Å²) in [5.41, 5.74) is 0. The van der Waals surface area contributed by atoms with Crippen LogP contribution in [0.3, 0.4) is 0 Å². The summed E-state index contributed by atoms with van der Waals surface area (Å²) >= 11 is 0. The summed E-state index contributed by atoms with van der Waals surface area (Å²) in [6.45, 7) is 0. The molecule has 0 N–H and O–H groups in total. The molecule has 0 aliphatic rings. The van der Waals surface area contributed by atoms with E-state index in [4.69, 9.17) is 0 Å². The van der Waals surface area contributed by atoms with Gasteiger partial charge in [0.2, 0.25) is 0 Å². The van der Waals surface area contributed by atoms with Crippen molar-refractivity contribution >= 4 is 7.85 Å². The number of rotatable bonds is 2. The summed E-state index contributed by atoms with van der Waals surface area (Å²) in [7, 11) is 5.04. The van der Waals surface area contributed by atoms with Crippen molar-refractivity contribution in [1.29, 1.82) is 0 Å². The lowest BCUT2D eigenvalue weighted by Crippen LogP contribution is -2.11. The monoisotopic (exact) mass is 88.1 g/mol. The van der Waals surface area contributed by atoms with Gasteiger partial charge in [-0.3, -0.25) is 0 Å². The molecule has 0 saturated heterocycles. The molecule has 0 heterocycles. The Kier molecular flexibility index (Phi) is 3.18. The van der Waals surface area contributed by atoms with Crippen molar-refractivity contribution in [3.05, 3.63) is 0 Å². The lowest BCUT2D eigenvalue weighted by Gasteiger charge is -2.03. The van der Waals surface area contributed by atoms with Gasteiger partial charge in [0.1, 0.15) is 6.19 Å². The van der Waals surface area contributed by atoms with Crippen LogP contribution < -0.4 is 0 Å². The van der Waals surface area contributed by atoms with E-state index in [0.29, 0.717) is 0 Å². The molecule has 0 atom stereocenters. The van der Waals surface area contributed by atoms with Crippen LogP contribution in [0.25, 0.3) is 0 Å². The van der Waals surface area contributed by atoms with Gasteiger partial charge in [0, 0.05) is 14.2 Å². The Hall–Kier alpha value is -0.0151. The average molecular weight is 87.9 g/mol. The SMILES string of the molecule is BC(OC)OC. The molecule has 36 valence electrons. The Morgan fingerprint density at radius 1 is 1.33 bits per heavy atom. The minimum atomic E-state index is -0.0648. The van der Waals surface area contributed by atoms with E-state index in [1.54, 1.807) is 14.2 Å². The quantitative estimate of drug-likeness (QED) is 0.325. The van der Waals surface area contributed by atoms with E-state index >= 15 is 0 Å². The van der Waals surface area contributed by atoms with Crippen LogP contribution in [-0.2, 0) is 9.47 Å². The van der Waals surface area contributed by atoms with Crippen molar-refractivity contribution in [2.24, 2.45) is 0 Å². The second-order valence-corrected chi connectivity index (χ2v) is 1.04. The fraction of sp³-hybridized carbons (Fsp3) is 1.00. The summed E-state index contributed by atoms with van der Waals surface area (Å²) in [5.74, 6) is 0. The van der Waals surface area contributed by atoms with Gasteiger partial charge in [0.05, 0.1) is 0 Å².